The van der Waals surface area contributed by atoms with Crippen LogP contribution in [0.1, 0.15) is 43.9 Å². The van der Waals surface area contributed by atoms with Gasteiger partial charge in [0.2, 0.25) is 5.91 Å². The molecule has 0 aliphatic carbocycles. The average Bonchev–Trinajstić information content (AvgIpc) is 3.76. The average molecular weight is 615 g/mol. The molecule has 0 N–H and O–H groups in total. The number of carbonyl (C=O) groups excluding carboxylic acids is 2. The van der Waals surface area contributed by atoms with Crippen molar-refractivity contribution in [3.05, 3.63) is 90.7 Å². The van der Waals surface area contributed by atoms with Gasteiger partial charge < -0.3 is 23.7 Å². The van der Waals surface area contributed by atoms with Crippen molar-refractivity contribution >= 4 is 40.2 Å². The van der Waals surface area contributed by atoms with E-state index >= 15 is 0 Å². The van der Waals surface area contributed by atoms with E-state index in [0.717, 1.165) is 42.4 Å². The molecule has 1 fully saturated rings. The largest absolute Gasteiger partial charge is 0.493 e. The maximum Gasteiger partial charge on any atom is 0.338 e. The van der Waals surface area contributed by atoms with Crippen LogP contribution in [0.4, 0.5) is 0 Å². The summed E-state index contributed by atoms with van der Waals surface area (Å²) >= 11 is 1.26. The Morgan fingerprint density at radius 3 is 2.55 bits per heavy atom. The number of nitrogens with zero attached hydrogens (tertiary/aromatic N) is 4. The molecule has 0 spiro atoms. The van der Waals surface area contributed by atoms with Gasteiger partial charge in [0.15, 0.2) is 16.3 Å². The molecule has 6 rings (SSSR count). The van der Waals surface area contributed by atoms with Crippen LogP contribution in [-0.4, -0.2) is 59.8 Å². The van der Waals surface area contributed by atoms with Gasteiger partial charge in [-0.1, -0.05) is 35.6 Å². The number of fused-ring (bicyclic) bond motifs is 2. The lowest BCUT2D eigenvalue weighted by Crippen LogP contribution is -2.39. The highest BCUT2D eigenvalue weighted by atomic mass is 32.1. The van der Waals surface area contributed by atoms with Crippen molar-refractivity contribution in [3.8, 4) is 11.5 Å². The third kappa shape index (κ3) is 5.21. The first-order valence-electron chi connectivity index (χ1n) is 14.6. The molecule has 10 nitrogen and oxygen atoms in total. The van der Waals surface area contributed by atoms with Crippen LogP contribution >= 0.6 is 11.3 Å². The summed E-state index contributed by atoms with van der Waals surface area (Å²) in [5, 5.41) is 0.937. The van der Waals surface area contributed by atoms with Gasteiger partial charge in [-0.3, -0.25) is 14.2 Å². The van der Waals surface area contributed by atoms with Gasteiger partial charge in [-0.25, -0.2) is 9.79 Å². The fourth-order valence-corrected chi connectivity index (χ4v) is 7.04. The van der Waals surface area contributed by atoms with Crippen molar-refractivity contribution in [2.75, 3.05) is 33.9 Å². The molecule has 11 heteroatoms. The summed E-state index contributed by atoms with van der Waals surface area (Å²) in [5.74, 6) is 0.558. The summed E-state index contributed by atoms with van der Waals surface area (Å²) in [5.41, 5.74) is 2.88. The number of rotatable bonds is 8. The number of hydrogen-bond donors (Lipinski definition) is 0. The third-order valence-electron chi connectivity index (χ3n) is 8.11. The Labute approximate surface area is 258 Å². The van der Waals surface area contributed by atoms with Gasteiger partial charge in [-0.05, 0) is 56.5 Å². The lowest BCUT2D eigenvalue weighted by Gasteiger charge is -2.25. The molecule has 2 aromatic heterocycles. The molecule has 1 saturated heterocycles. The van der Waals surface area contributed by atoms with Gasteiger partial charge in [-0.15, -0.1) is 0 Å². The van der Waals surface area contributed by atoms with Crippen molar-refractivity contribution in [1.29, 1.82) is 0 Å². The number of para-hydroxylation sites is 1. The highest BCUT2D eigenvalue weighted by Crippen LogP contribution is 2.36. The number of methoxy groups -OCH3 is 2. The second-order valence-corrected chi connectivity index (χ2v) is 11.7. The van der Waals surface area contributed by atoms with Crippen molar-refractivity contribution in [3.63, 3.8) is 0 Å². The lowest BCUT2D eigenvalue weighted by molar-refractivity contribution is -0.139. The number of esters is 1. The molecule has 0 radical (unpaired) electrons. The van der Waals surface area contributed by atoms with Crippen molar-refractivity contribution in [2.24, 2.45) is 4.99 Å². The van der Waals surface area contributed by atoms with E-state index in [9.17, 15) is 14.4 Å². The number of aromatic nitrogens is 2. The molecule has 0 saturated carbocycles. The Balaban J connectivity index is 1.49. The second kappa shape index (κ2) is 12.2. The number of carbonyl (C=O) groups is 2. The molecule has 44 heavy (non-hydrogen) atoms. The number of likely N-dealkylation sites (tertiary alicyclic amines) is 1. The van der Waals surface area contributed by atoms with Gasteiger partial charge in [-0.2, -0.15) is 0 Å². The maximum absolute atomic E-state index is 14.2. The summed E-state index contributed by atoms with van der Waals surface area (Å²) < 4.78 is 20.3. The van der Waals surface area contributed by atoms with E-state index in [0.29, 0.717) is 32.1 Å². The first kappa shape index (κ1) is 29.4. The summed E-state index contributed by atoms with van der Waals surface area (Å²) in [6.45, 7) is 5.49. The van der Waals surface area contributed by atoms with Gasteiger partial charge in [0.05, 0.1) is 42.7 Å². The smallest absolute Gasteiger partial charge is 0.338 e. The molecule has 0 unspecified atom stereocenters. The molecule has 0 bridgehead atoms. The monoisotopic (exact) mass is 614 g/mol. The standard InChI is InChI=1S/C33H34N4O6S/c1-5-43-32(40)29-20(2)34-33-37(30(29)21-12-13-25(41-3)26(16-21)42-4)31(39)27(44-33)17-22-18-36(24-11-7-6-10-23(22)24)19-28(38)35-14-8-9-15-35/h6-7,10-13,16-18,30H,5,8-9,14-15,19H2,1-4H3/b27-17+/t30-/m0/s1. The quantitative estimate of drug-likeness (QED) is 0.282. The van der Waals surface area contributed by atoms with Crippen molar-refractivity contribution in [2.45, 2.75) is 39.3 Å². The van der Waals surface area contributed by atoms with E-state index in [1.54, 1.807) is 37.7 Å². The van der Waals surface area contributed by atoms with E-state index in [-0.39, 0.29) is 30.2 Å². The van der Waals surface area contributed by atoms with Crippen LogP contribution in [0.5, 0.6) is 11.5 Å². The Hall–Kier alpha value is -4.64. The van der Waals surface area contributed by atoms with E-state index in [1.807, 2.05) is 52.1 Å². The zero-order chi connectivity index (χ0) is 31.0. The molecule has 1 atom stereocenters. The van der Waals surface area contributed by atoms with Crippen LogP contribution in [0.25, 0.3) is 17.0 Å². The number of ether oxygens (including phenoxy) is 3. The number of amides is 1. The SMILES string of the molecule is CCOC(=O)C1=C(C)N=c2s/c(=C/c3cn(CC(=O)N4CCCC4)c4ccccc34)c(=O)n2[C@H]1c1ccc(OC)c(OC)c1. The van der Waals surface area contributed by atoms with E-state index < -0.39 is 12.0 Å². The lowest BCUT2D eigenvalue weighted by atomic mass is 9.95. The maximum atomic E-state index is 14.2. The molecule has 2 aromatic carbocycles. The Kier molecular flexibility index (Phi) is 8.13. The molecule has 2 aliphatic rings. The van der Waals surface area contributed by atoms with Crippen molar-refractivity contribution in [1.82, 2.24) is 14.0 Å². The van der Waals surface area contributed by atoms with Crippen molar-refractivity contribution < 1.29 is 23.8 Å². The molecule has 1 amide bonds. The van der Waals surface area contributed by atoms with Crippen LogP contribution in [0.15, 0.2) is 69.7 Å². The molecule has 2 aliphatic heterocycles. The van der Waals surface area contributed by atoms with E-state index in [1.165, 1.54) is 18.4 Å². The minimum atomic E-state index is -0.785. The summed E-state index contributed by atoms with van der Waals surface area (Å²) in [7, 11) is 3.09. The molecular weight excluding hydrogens is 580 g/mol. The fourth-order valence-electron chi connectivity index (χ4n) is 6.00. The molecule has 4 aromatic rings. The highest BCUT2D eigenvalue weighted by molar-refractivity contribution is 7.07. The zero-order valence-electron chi connectivity index (χ0n) is 25.2. The summed E-state index contributed by atoms with van der Waals surface area (Å²) in [6.07, 6.45) is 5.84. The van der Waals surface area contributed by atoms with Gasteiger partial charge in [0, 0.05) is 35.8 Å². The first-order valence-corrected chi connectivity index (χ1v) is 15.4. The minimum Gasteiger partial charge on any atom is -0.493 e. The predicted molar refractivity (Wildman–Crippen MR) is 168 cm³/mol. The van der Waals surface area contributed by atoms with Gasteiger partial charge >= 0.3 is 5.97 Å². The number of benzene rings is 2. The third-order valence-corrected chi connectivity index (χ3v) is 9.09. The molecule has 228 valence electrons. The number of thiazole rings is 1. The van der Waals surface area contributed by atoms with Crippen LogP contribution in [0.3, 0.4) is 0 Å². The summed E-state index contributed by atoms with van der Waals surface area (Å²) in [4.78, 5) is 47.5. The number of allylic oxidation sites excluding steroid dienone is 1. The number of hydrogen-bond acceptors (Lipinski definition) is 8. The molecule has 4 heterocycles. The van der Waals surface area contributed by atoms with Crippen LogP contribution < -0.4 is 24.4 Å². The van der Waals surface area contributed by atoms with Gasteiger partial charge in [0.25, 0.3) is 5.56 Å². The topological polar surface area (TPSA) is 104 Å². The zero-order valence-corrected chi connectivity index (χ0v) is 26.0. The first-order chi connectivity index (χ1) is 21.3. The van der Waals surface area contributed by atoms with E-state index in [4.69, 9.17) is 14.2 Å². The normalized spacial score (nSPS) is 16.7. The van der Waals surface area contributed by atoms with Crippen LogP contribution in [-0.2, 0) is 20.9 Å². The van der Waals surface area contributed by atoms with Crippen LogP contribution in [0, 0.1) is 0 Å². The van der Waals surface area contributed by atoms with Crippen LogP contribution in [0.2, 0.25) is 0 Å². The molecular formula is C33H34N4O6S. The minimum absolute atomic E-state index is 0.0890. The fraction of sp³-hybridized carbons (Fsp3) is 0.333. The Morgan fingerprint density at radius 2 is 1.82 bits per heavy atom. The summed E-state index contributed by atoms with van der Waals surface area (Å²) in [6, 6.07) is 12.4. The van der Waals surface area contributed by atoms with Gasteiger partial charge in [0.1, 0.15) is 6.54 Å². The van der Waals surface area contributed by atoms with E-state index in [2.05, 4.69) is 4.99 Å². The predicted octanol–water partition coefficient (Wildman–Crippen LogP) is 3.39. The highest BCUT2D eigenvalue weighted by Gasteiger charge is 2.34. The second-order valence-electron chi connectivity index (χ2n) is 10.7. The Bertz CT molecular complexity index is 1980. The Morgan fingerprint density at radius 1 is 1.07 bits per heavy atom.